The molecule has 0 aliphatic carbocycles. The molecule has 0 amide bonds. The summed E-state index contributed by atoms with van der Waals surface area (Å²) < 4.78 is 22.5. The van der Waals surface area contributed by atoms with Gasteiger partial charge in [0.15, 0.2) is 0 Å². The normalized spacial score (nSPS) is 23.2. The highest BCUT2D eigenvalue weighted by Gasteiger charge is 2.62. The third-order valence-corrected chi connectivity index (χ3v) is 10.5. The summed E-state index contributed by atoms with van der Waals surface area (Å²) in [4.78, 5) is 0. The summed E-state index contributed by atoms with van der Waals surface area (Å²) in [6, 6.07) is 0. The molecule has 0 aromatic heterocycles. The summed E-state index contributed by atoms with van der Waals surface area (Å²) in [6.45, 7) is 11.2. The number of ether oxygens (including phenoxy) is 2. The Balaban J connectivity index is 0.00000243. The standard InChI is InChI=1S/C18H38N4O2P.FH/c1-23-17-15-22(16-18-24-2)25(19-9-3-4-10-19,20-11-5-6-12-20)21-13-7-8-14-21;/h3-18H2,1-2H3;1H/q+1;/p-1. The molecule has 0 saturated carbocycles. The Kier molecular flexibility index (Phi) is 9.65. The lowest BCUT2D eigenvalue weighted by atomic mass is 10.4. The van der Waals surface area contributed by atoms with Gasteiger partial charge in [0.2, 0.25) is 0 Å². The van der Waals surface area contributed by atoms with Crippen LogP contribution in [0, 0.1) is 0 Å². The van der Waals surface area contributed by atoms with Crippen LogP contribution >= 0.6 is 7.87 Å². The Labute approximate surface area is 159 Å². The number of methoxy groups -OCH3 is 2. The van der Waals surface area contributed by atoms with Crippen molar-refractivity contribution in [2.45, 2.75) is 38.5 Å². The van der Waals surface area contributed by atoms with Crippen LogP contribution in [-0.4, -0.2) is 98.5 Å². The van der Waals surface area contributed by atoms with Gasteiger partial charge in [-0.1, -0.05) is 0 Å². The largest absolute Gasteiger partial charge is 1.00 e. The zero-order chi connectivity index (χ0) is 17.5. The van der Waals surface area contributed by atoms with Crippen LogP contribution in [0.2, 0.25) is 0 Å². The molecule has 0 atom stereocenters. The Bertz CT molecular complexity index is 341. The molecule has 3 aliphatic heterocycles. The molecule has 0 aromatic carbocycles. The van der Waals surface area contributed by atoms with E-state index < -0.39 is 7.87 Å². The van der Waals surface area contributed by atoms with E-state index in [-0.39, 0.29) is 4.70 Å². The summed E-state index contributed by atoms with van der Waals surface area (Å²) in [7, 11) is 2.02. The van der Waals surface area contributed by atoms with E-state index in [0.717, 1.165) is 26.3 Å². The lowest BCUT2D eigenvalue weighted by Crippen LogP contribution is -3.00. The van der Waals surface area contributed by atoms with E-state index in [2.05, 4.69) is 18.7 Å². The van der Waals surface area contributed by atoms with E-state index in [4.69, 9.17) is 9.47 Å². The Hall–Kier alpha value is 0.120. The quantitative estimate of drug-likeness (QED) is 0.468. The molecule has 0 aromatic rings. The smallest absolute Gasteiger partial charge is 0.308 e. The zero-order valence-corrected chi connectivity index (χ0v) is 17.6. The van der Waals surface area contributed by atoms with E-state index in [1.54, 1.807) is 0 Å². The van der Waals surface area contributed by atoms with Crippen molar-refractivity contribution in [3.05, 3.63) is 0 Å². The van der Waals surface area contributed by atoms with Crippen LogP contribution in [0.4, 0.5) is 0 Å². The molecule has 26 heavy (non-hydrogen) atoms. The fourth-order valence-corrected chi connectivity index (χ4v) is 10.1. The van der Waals surface area contributed by atoms with Gasteiger partial charge in [-0.3, -0.25) is 0 Å². The maximum atomic E-state index is 5.52. The van der Waals surface area contributed by atoms with E-state index >= 15 is 0 Å². The average Bonchev–Trinajstić information content (AvgIpc) is 3.41. The van der Waals surface area contributed by atoms with Crippen LogP contribution in [-0.2, 0) is 9.47 Å². The highest BCUT2D eigenvalue weighted by molar-refractivity contribution is 7.66. The Morgan fingerprint density at radius 1 is 0.654 bits per heavy atom. The number of hydrogen-bond acceptors (Lipinski definition) is 6. The van der Waals surface area contributed by atoms with Gasteiger partial charge in [0.25, 0.3) is 0 Å². The molecule has 3 rings (SSSR count). The summed E-state index contributed by atoms with van der Waals surface area (Å²) >= 11 is 0. The van der Waals surface area contributed by atoms with Crippen molar-refractivity contribution < 1.29 is 14.2 Å². The third-order valence-electron chi connectivity index (χ3n) is 5.87. The molecule has 3 saturated heterocycles. The van der Waals surface area contributed by atoms with E-state index in [9.17, 15) is 0 Å². The molecule has 0 N–H and O–H groups in total. The molecule has 6 nitrogen and oxygen atoms in total. The monoisotopic (exact) mass is 392 g/mol. The lowest BCUT2D eigenvalue weighted by molar-refractivity contribution is -0.00000618. The van der Waals surface area contributed by atoms with Crippen molar-refractivity contribution in [3.8, 4) is 0 Å². The van der Waals surface area contributed by atoms with Gasteiger partial charge >= 0.3 is 7.87 Å². The zero-order valence-electron chi connectivity index (χ0n) is 16.7. The molecule has 3 aliphatic rings. The molecule has 0 radical (unpaired) electrons. The van der Waals surface area contributed by atoms with Gasteiger partial charge in [-0.05, 0) is 38.5 Å². The van der Waals surface area contributed by atoms with Crippen LogP contribution in [0.15, 0.2) is 0 Å². The lowest BCUT2D eigenvalue weighted by Gasteiger charge is -2.48. The molecule has 0 spiro atoms. The van der Waals surface area contributed by atoms with Gasteiger partial charge in [-0.2, -0.15) is 0 Å². The summed E-state index contributed by atoms with van der Waals surface area (Å²) in [5, 5.41) is 0. The Morgan fingerprint density at radius 3 is 1.23 bits per heavy atom. The molecule has 154 valence electrons. The fraction of sp³-hybridized carbons (Fsp3) is 1.00. The topological polar surface area (TPSA) is 31.4 Å². The van der Waals surface area contributed by atoms with Crippen LogP contribution in [0.3, 0.4) is 0 Å². The van der Waals surface area contributed by atoms with Crippen LogP contribution in [0.1, 0.15) is 38.5 Å². The molecule has 3 fully saturated rings. The highest BCUT2D eigenvalue weighted by atomic mass is 31.2. The highest BCUT2D eigenvalue weighted by Crippen LogP contribution is 2.72. The van der Waals surface area contributed by atoms with E-state index in [0.29, 0.717) is 0 Å². The van der Waals surface area contributed by atoms with Crippen molar-refractivity contribution >= 4 is 7.87 Å². The van der Waals surface area contributed by atoms with Crippen molar-refractivity contribution in [2.24, 2.45) is 0 Å². The Morgan fingerprint density at radius 2 is 0.962 bits per heavy atom. The average molecular weight is 393 g/mol. The third kappa shape index (κ3) is 4.57. The van der Waals surface area contributed by atoms with Gasteiger partial charge in [-0.15, -0.1) is 18.7 Å². The second-order valence-corrected chi connectivity index (χ2v) is 10.8. The fourth-order valence-electron chi connectivity index (χ4n) is 4.75. The summed E-state index contributed by atoms with van der Waals surface area (Å²) in [5.41, 5.74) is 0. The minimum Gasteiger partial charge on any atom is -1.00 e. The van der Waals surface area contributed by atoms with Crippen molar-refractivity contribution in [3.63, 3.8) is 0 Å². The first-order chi connectivity index (χ1) is 12.3. The maximum Gasteiger partial charge on any atom is 0.308 e. The first-order valence-corrected chi connectivity index (χ1v) is 11.8. The maximum absolute atomic E-state index is 5.52. The van der Waals surface area contributed by atoms with Crippen molar-refractivity contribution in [2.75, 3.05) is 79.8 Å². The summed E-state index contributed by atoms with van der Waals surface area (Å²) in [6.07, 6.45) is 8.12. The molecule has 0 bridgehead atoms. The van der Waals surface area contributed by atoms with Gasteiger partial charge in [0.1, 0.15) is 0 Å². The van der Waals surface area contributed by atoms with E-state index in [1.165, 1.54) is 77.8 Å². The number of hydrogen-bond donors (Lipinski definition) is 0. The van der Waals surface area contributed by atoms with Crippen molar-refractivity contribution in [1.82, 2.24) is 18.7 Å². The molecule has 8 heteroatoms. The first kappa shape index (κ1) is 22.4. The first-order valence-electron chi connectivity index (χ1n) is 10.2. The number of halogens is 1. The minimum atomic E-state index is -1.64. The molecule has 0 unspecified atom stereocenters. The van der Waals surface area contributed by atoms with Crippen LogP contribution in [0.5, 0.6) is 0 Å². The SMILES string of the molecule is COCCN(CCOC)[P+](N1CCCC1)(N1CCCC1)N1CCCC1.[F-]. The predicted octanol–water partition coefficient (Wildman–Crippen LogP) is -0.450. The van der Waals surface area contributed by atoms with Crippen LogP contribution < -0.4 is 4.70 Å². The van der Waals surface area contributed by atoms with Gasteiger partial charge in [-0.25, -0.2) is 0 Å². The molecular formula is C18H38FN4O2P. The number of nitrogens with zero attached hydrogens (tertiary/aromatic N) is 4. The van der Waals surface area contributed by atoms with Gasteiger partial charge in [0, 0.05) is 53.5 Å². The molecule has 3 heterocycles. The minimum absolute atomic E-state index is 0. The van der Waals surface area contributed by atoms with E-state index in [1.807, 2.05) is 14.2 Å². The van der Waals surface area contributed by atoms with Gasteiger partial charge < -0.3 is 14.2 Å². The summed E-state index contributed by atoms with van der Waals surface area (Å²) in [5.74, 6) is 0. The predicted molar refractivity (Wildman–Crippen MR) is 105 cm³/mol. The number of rotatable bonds is 10. The van der Waals surface area contributed by atoms with Crippen LogP contribution in [0.25, 0.3) is 0 Å². The molecular weight excluding hydrogens is 354 g/mol. The second kappa shape index (κ2) is 11.2. The van der Waals surface area contributed by atoms with Crippen molar-refractivity contribution in [1.29, 1.82) is 0 Å². The second-order valence-electron chi connectivity index (χ2n) is 7.46. The van der Waals surface area contributed by atoms with Gasteiger partial charge in [0.05, 0.1) is 26.3 Å².